The number of nitrogens with zero attached hydrogens (tertiary/aromatic N) is 1. The molecule has 0 aromatic heterocycles. The van der Waals surface area contributed by atoms with Crippen molar-refractivity contribution in [3.05, 3.63) is 17.7 Å². The second kappa shape index (κ2) is 8.16. The summed E-state index contributed by atoms with van der Waals surface area (Å²) in [6.07, 6.45) is 1.29. The van der Waals surface area contributed by atoms with Crippen molar-refractivity contribution < 1.29 is 19.0 Å². The number of carbonyl (C=O) groups excluding carboxylic acids is 1. The van der Waals surface area contributed by atoms with Crippen LogP contribution in [0, 0.1) is 11.8 Å². The lowest BCUT2D eigenvalue weighted by Crippen LogP contribution is -2.47. The van der Waals surface area contributed by atoms with Crippen molar-refractivity contribution in [2.75, 3.05) is 40.0 Å². The molecule has 6 heteroatoms. The van der Waals surface area contributed by atoms with Crippen molar-refractivity contribution in [2.24, 2.45) is 11.8 Å². The summed E-state index contributed by atoms with van der Waals surface area (Å²) in [6.45, 7) is 10.7. The normalized spacial score (nSPS) is 24.0. The summed E-state index contributed by atoms with van der Waals surface area (Å²) >= 11 is 0. The van der Waals surface area contributed by atoms with E-state index in [1.807, 2.05) is 0 Å². The zero-order chi connectivity index (χ0) is 18.7. The fraction of sp³-hybridized carbons (Fsp3) is 0.650. The summed E-state index contributed by atoms with van der Waals surface area (Å²) in [5, 5.41) is 3.10. The van der Waals surface area contributed by atoms with Gasteiger partial charge in [0.2, 0.25) is 5.75 Å². The molecule has 0 saturated carbocycles. The van der Waals surface area contributed by atoms with Gasteiger partial charge in [0.05, 0.1) is 7.11 Å². The summed E-state index contributed by atoms with van der Waals surface area (Å²) in [7, 11) is 1.57. The van der Waals surface area contributed by atoms with E-state index in [0.717, 1.165) is 19.6 Å². The number of fused-ring (bicyclic) bond motifs is 1. The van der Waals surface area contributed by atoms with Gasteiger partial charge in [0.25, 0.3) is 5.91 Å². The van der Waals surface area contributed by atoms with E-state index in [2.05, 4.69) is 31.0 Å². The maximum Gasteiger partial charge on any atom is 0.251 e. The average molecular weight is 362 g/mol. The van der Waals surface area contributed by atoms with Gasteiger partial charge >= 0.3 is 0 Å². The molecule has 0 spiro atoms. The van der Waals surface area contributed by atoms with Crippen LogP contribution in [0.25, 0.3) is 0 Å². The fourth-order valence-corrected chi connectivity index (χ4v) is 4.09. The minimum absolute atomic E-state index is 0.0687. The number of likely N-dealkylation sites (tertiary alicyclic amines) is 1. The van der Waals surface area contributed by atoms with Crippen LogP contribution in [0.1, 0.15) is 37.6 Å². The molecule has 2 aliphatic heterocycles. The van der Waals surface area contributed by atoms with E-state index in [9.17, 15) is 4.79 Å². The Morgan fingerprint density at radius 1 is 1.27 bits per heavy atom. The summed E-state index contributed by atoms with van der Waals surface area (Å²) in [6, 6.07) is 3.50. The minimum atomic E-state index is -0.120. The number of hydrogen-bond donors (Lipinski definition) is 1. The Hall–Kier alpha value is -1.95. The highest BCUT2D eigenvalue weighted by molar-refractivity contribution is 5.95. The van der Waals surface area contributed by atoms with Crippen LogP contribution < -0.4 is 19.5 Å². The zero-order valence-electron chi connectivity index (χ0n) is 16.2. The van der Waals surface area contributed by atoms with Gasteiger partial charge in [-0.25, -0.2) is 0 Å². The molecule has 1 fully saturated rings. The molecule has 1 N–H and O–H groups in total. The monoisotopic (exact) mass is 362 g/mol. The van der Waals surface area contributed by atoms with Crippen molar-refractivity contribution in [1.29, 1.82) is 0 Å². The Bertz CT molecular complexity index is 622. The van der Waals surface area contributed by atoms with Crippen molar-refractivity contribution in [3.8, 4) is 17.2 Å². The molecule has 26 heavy (non-hydrogen) atoms. The molecule has 6 nitrogen and oxygen atoms in total. The third-order valence-corrected chi connectivity index (χ3v) is 4.94. The van der Waals surface area contributed by atoms with Crippen LogP contribution in [0.2, 0.25) is 0 Å². The predicted molar refractivity (Wildman–Crippen MR) is 100 cm³/mol. The first-order valence-electron chi connectivity index (χ1n) is 9.47. The van der Waals surface area contributed by atoms with Gasteiger partial charge in [-0.2, -0.15) is 0 Å². The lowest BCUT2D eigenvalue weighted by atomic mass is 9.92. The standard InChI is InChI=1S/C20H30N2O4/c1-13-7-14(2)11-22(10-13)12-15(3)21-20(23)16-8-17(24-4)19-18(9-16)25-5-6-26-19/h8-9,13-15H,5-7,10-12H2,1-4H3,(H,21,23). The number of carbonyl (C=O) groups is 1. The summed E-state index contributed by atoms with van der Waals surface area (Å²) in [4.78, 5) is 15.2. The summed E-state index contributed by atoms with van der Waals surface area (Å²) in [5.74, 6) is 2.96. The topological polar surface area (TPSA) is 60.0 Å². The molecule has 144 valence electrons. The van der Waals surface area contributed by atoms with E-state index in [4.69, 9.17) is 14.2 Å². The molecular formula is C20H30N2O4. The van der Waals surface area contributed by atoms with E-state index in [1.54, 1.807) is 19.2 Å². The van der Waals surface area contributed by atoms with Gasteiger partial charge in [0.15, 0.2) is 11.5 Å². The highest BCUT2D eigenvalue weighted by Gasteiger charge is 2.25. The van der Waals surface area contributed by atoms with Gasteiger partial charge < -0.3 is 24.4 Å². The first-order valence-corrected chi connectivity index (χ1v) is 9.47. The molecule has 3 unspecified atom stereocenters. The van der Waals surface area contributed by atoms with Crippen LogP contribution in [0.5, 0.6) is 17.2 Å². The van der Waals surface area contributed by atoms with Crippen LogP contribution in [0.15, 0.2) is 12.1 Å². The number of ether oxygens (including phenoxy) is 3. The highest BCUT2D eigenvalue weighted by Crippen LogP contribution is 2.40. The maximum absolute atomic E-state index is 12.7. The third-order valence-electron chi connectivity index (χ3n) is 4.94. The number of benzene rings is 1. The van der Waals surface area contributed by atoms with Crippen molar-refractivity contribution in [3.63, 3.8) is 0 Å². The maximum atomic E-state index is 12.7. The summed E-state index contributed by atoms with van der Waals surface area (Å²) < 4.78 is 16.6. The Morgan fingerprint density at radius 2 is 1.96 bits per heavy atom. The predicted octanol–water partition coefficient (Wildman–Crippen LogP) is 2.56. The van der Waals surface area contributed by atoms with Crippen molar-refractivity contribution >= 4 is 5.91 Å². The average Bonchev–Trinajstić information content (AvgIpc) is 2.59. The second-order valence-corrected chi connectivity index (χ2v) is 7.74. The Labute approximate surface area is 155 Å². The lowest BCUT2D eigenvalue weighted by molar-refractivity contribution is 0.0903. The van der Waals surface area contributed by atoms with Gasteiger partial charge in [0, 0.05) is 31.2 Å². The molecule has 2 heterocycles. The first-order chi connectivity index (χ1) is 12.5. The van der Waals surface area contributed by atoms with Gasteiger partial charge in [-0.15, -0.1) is 0 Å². The van der Waals surface area contributed by atoms with E-state index < -0.39 is 0 Å². The zero-order valence-corrected chi connectivity index (χ0v) is 16.2. The molecule has 0 radical (unpaired) electrons. The number of rotatable bonds is 5. The molecule has 3 rings (SSSR count). The molecule has 2 aliphatic rings. The molecule has 0 bridgehead atoms. The second-order valence-electron chi connectivity index (χ2n) is 7.74. The Kier molecular flexibility index (Phi) is 5.91. The SMILES string of the molecule is COc1cc(C(=O)NC(C)CN2CC(C)CC(C)C2)cc2c1OCCO2. The van der Waals surface area contributed by atoms with Crippen molar-refractivity contribution in [1.82, 2.24) is 10.2 Å². The van der Waals surface area contributed by atoms with E-state index in [1.165, 1.54) is 6.42 Å². The molecule has 1 aromatic rings. The van der Waals surface area contributed by atoms with Crippen LogP contribution in [0.3, 0.4) is 0 Å². The molecule has 1 amide bonds. The number of methoxy groups -OCH3 is 1. The molecule has 0 aliphatic carbocycles. The quantitative estimate of drug-likeness (QED) is 0.872. The number of amides is 1. The third kappa shape index (κ3) is 4.41. The molecule has 1 aromatic carbocycles. The molecular weight excluding hydrogens is 332 g/mol. The van der Waals surface area contributed by atoms with Gasteiger partial charge in [0.1, 0.15) is 13.2 Å². The number of hydrogen-bond acceptors (Lipinski definition) is 5. The van der Waals surface area contributed by atoms with Crippen LogP contribution in [0.4, 0.5) is 0 Å². The summed E-state index contributed by atoms with van der Waals surface area (Å²) in [5.41, 5.74) is 0.526. The Morgan fingerprint density at radius 3 is 2.65 bits per heavy atom. The molecule has 1 saturated heterocycles. The minimum Gasteiger partial charge on any atom is -0.493 e. The van der Waals surface area contributed by atoms with E-state index in [0.29, 0.717) is 47.9 Å². The van der Waals surface area contributed by atoms with Crippen molar-refractivity contribution in [2.45, 2.75) is 33.2 Å². The van der Waals surface area contributed by atoms with Crippen LogP contribution >= 0.6 is 0 Å². The largest absolute Gasteiger partial charge is 0.493 e. The van der Waals surface area contributed by atoms with Gasteiger partial charge in [-0.05, 0) is 37.3 Å². The van der Waals surface area contributed by atoms with Crippen LogP contribution in [-0.2, 0) is 0 Å². The van der Waals surface area contributed by atoms with Crippen LogP contribution in [-0.4, -0.2) is 56.8 Å². The fourth-order valence-electron chi connectivity index (χ4n) is 4.09. The molecule has 3 atom stereocenters. The smallest absolute Gasteiger partial charge is 0.251 e. The van der Waals surface area contributed by atoms with E-state index in [-0.39, 0.29) is 11.9 Å². The lowest BCUT2D eigenvalue weighted by Gasteiger charge is -2.36. The van der Waals surface area contributed by atoms with Gasteiger partial charge in [-0.3, -0.25) is 4.79 Å². The van der Waals surface area contributed by atoms with E-state index >= 15 is 0 Å². The number of nitrogens with one attached hydrogen (secondary N) is 1. The van der Waals surface area contributed by atoms with Gasteiger partial charge in [-0.1, -0.05) is 13.8 Å². The first kappa shape index (κ1) is 18.8. The number of piperidine rings is 1. The highest BCUT2D eigenvalue weighted by atomic mass is 16.6. The Balaban J connectivity index is 1.64.